The zero-order chi connectivity index (χ0) is 18.2. The molecule has 24 heavy (non-hydrogen) atoms. The van der Waals surface area contributed by atoms with Crippen LogP contribution in [0.3, 0.4) is 0 Å². The summed E-state index contributed by atoms with van der Waals surface area (Å²) >= 11 is 0. The van der Waals surface area contributed by atoms with Crippen molar-refractivity contribution >= 4 is 17.9 Å². The van der Waals surface area contributed by atoms with Crippen molar-refractivity contribution in [2.24, 2.45) is 5.73 Å². The van der Waals surface area contributed by atoms with Gasteiger partial charge in [-0.05, 0) is 12.1 Å². The summed E-state index contributed by atoms with van der Waals surface area (Å²) < 4.78 is 10.1. The van der Waals surface area contributed by atoms with Crippen LogP contribution in [-0.2, 0) is 19.1 Å². The lowest BCUT2D eigenvalue weighted by atomic mass is 9.96. The molecule has 2 atom stereocenters. The average Bonchev–Trinajstić information content (AvgIpc) is 2.46. The molecule has 0 bridgehead atoms. The monoisotopic (exact) mass is 341 g/mol. The third-order valence-electron chi connectivity index (χ3n) is 2.98. The van der Waals surface area contributed by atoms with Crippen molar-refractivity contribution in [3.8, 4) is 5.75 Å². The van der Waals surface area contributed by atoms with Crippen LogP contribution in [0.15, 0.2) is 30.3 Å². The Kier molecular flexibility index (Phi) is 7.15. The zero-order valence-electron chi connectivity index (χ0n) is 12.8. The van der Waals surface area contributed by atoms with Crippen LogP contribution in [0, 0.1) is 0 Å². The molecule has 0 aliphatic carbocycles. The van der Waals surface area contributed by atoms with E-state index in [9.17, 15) is 19.5 Å². The number of rotatable bonds is 10. The van der Waals surface area contributed by atoms with E-state index < -0.39 is 42.6 Å². The van der Waals surface area contributed by atoms with Crippen LogP contribution in [0.2, 0.25) is 0 Å². The second-order valence-corrected chi connectivity index (χ2v) is 5.06. The smallest absolute Gasteiger partial charge is 0.336 e. The summed E-state index contributed by atoms with van der Waals surface area (Å²) in [6.07, 6.45) is -3.11. The van der Waals surface area contributed by atoms with Gasteiger partial charge in [-0.2, -0.15) is 0 Å². The normalized spacial score (nSPS) is 14.2. The number of carboxylic acid groups (broad SMARTS) is 2. The zero-order valence-corrected chi connectivity index (χ0v) is 12.8. The Labute approximate surface area is 137 Å². The molecule has 1 aromatic carbocycles. The molecular weight excluding hydrogens is 322 g/mol. The fraction of sp³-hybridized carbons (Fsp3) is 0.400. The molecule has 2 unspecified atom stereocenters. The highest BCUT2D eigenvalue weighted by Crippen LogP contribution is 2.17. The minimum Gasteiger partial charge on any atom is -0.493 e. The van der Waals surface area contributed by atoms with Crippen LogP contribution in [0.1, 0.15) is 19.3 Å². The van der Waals surface area contributed by atoms with Gasteiger partial charge in [-0.3, -0.25) is 15.3 Å². The van der Waals surface area contributed by atoms with Gasteiger partial charge in [-0.1, -0.05) is 18.2 Å². The molecule has 0 amide bonds. The van der Waals surface area contributed by atoms with Gasteiger partial charge in [-0.25, -0.2) is 4.79 Å². The lowest BCUT2D eigenvalue weighted by molar-refractivity contribution is -0.173. The van der Waals surface area contributed by atoms with Gasteiger partial charge >= 0.3 is 17.9 Å². The number of nitrogens with two attached hydrogens (primary N) is 1. The highest BCUT2D eigenvalue weighted by Gasteiger charge is 2.41. The fourth-order valence-electron chi connectivity index (χ4n) is 1.78. The van der Waals surface area contributed by atoms with Gasteiger partial charge in [0.05, 0.1) is 19.4 Å². The van der Waals surface area contributed by atoms with Crippen LogP contribution in [0.4, 0.5) is 0 Å². The Balaban J connectivity index is 2.42. The molecule has 0 aliphatic heterocycles. The number of carbonyl (C=O) groups is 3. The largest absolute Gasteiger partial charge is 0.493 e. The number of carboxylic acids is 2. The molecule has 0 saturated heterocycles. The summed E-state index contributed by atoms with van der Waals surface area (Å²) in [7, 11) is 0. The number of benzene rings is 1. The summed E-state index contributed by atoms with van der Waals surface area (Å²) in [5.41, 5.74) is 2.82. The number of ether oxygens (including phenoxy) is 2. The van der Waals surface area contributed by atoms with Crippen LogP contribution in [0.5, 0.6) is 5.75 Å². The van der Waals surface area contributed by atoms with Gasteiger partial charge in [0, 0.05) is 6.42 Å². The second-order valence-electron chi connectivity index (χ2n) is 5.06. The first-order valence-electron chi connectivity index (χ1n) is 7.03. The molecule has 0 aliphatic rings. The highest BCUT2D eigenvalue weighted by molar-refractivity contribution is 5.88. The lowest BCUT2D eigenvalue weighted by Crippen LogP contribution is -2.44. The van der Waals surface area contributed by atoms with Crippen LogP contribution in [-0.4, -0.2) is 51.7 Å². The van der Waals surface area contributed by atoms with Crippen molar-refractivity contribution in [1.82, 2.24) is 0 Å². The molecule has 0 saturated carbocycles. The molecule has 9 nitrogen and oxygen atoms in total. The fourth-order valence-corrected chi connectivity index (χ4v) is 1.78. The Morgan fingerprint density at radius 1 is 1.12 bits per heavy atom. The van der Waals surface area contributed by atoms with E-state index in [2.05, 4.69) is 0 Å². The summed E-state index contributed by atoms with van der Waals surface area (Å²) in [5, 5.41) is 27.2. The van der Waals surface area contributed by atoms with E-state index in [0.717, 1.165) is 0 Å². The molecule has 5 N–H and O–H groups in total. The van der Waals surface area contributed by atoms with Crippen molar-refractivity contribution in [1.29, 1.82) is 0 Å². The number of para-hydroxylation sites is 1. The molecule has 132 valence electrons. The molecule has 1 rings (SSSR count). The first-order valence-corrected chi connectivity index (χ1v) is 7.03. The minimum atomic E-state index is -2.75. The van der Waals surface area contributed by atoms with E-state index in [1.165, 1.54) is 0 Å². The molecule has 0 spiro atoms. The lowest BCUT2D eigenvalue weighted by Gasteiger charge is -2.21. The number of hydrogen-bond acceptors (Lipinski definition) is 7. The van der Waals surface area contributed by atoms with Crippen molar-refractivity contribution in [3.63, 3.8) is 0 Å². The predicted octanol–water partition coefficient (Wildman–Crippen LogP) is -0.0360. The number of esters is 1. The summed E-state index contributed by atoms with van der Waals surface area (Å²) in [6, 6.07) is 8.85. The third kappa shape index (κ3) is 6.63. The first kappa shape index (κ1) is 19.4. The number of hydrogen-bond donors (Lipinski definition) is 4. The van der Waals surface area contributed by atoms with Crippen LogP contribution >= 0.6 is 0 Å². The van der Waals surface area contributed by atoms with E-state index in [4.69, 9.17) is 25.4 Å². The summed E-state index contributed by atoms with van der Waals surface area (Å²) in [6.45, 7) is 0.150. The molecule has 0 radical (unpaired) electrons. The van der Waals surface area contributed by atoms with Gasteiger partial charge in [0.15, 0.2) is 11.8 Å². The average molecular weight is 341 g/mol. The Hall–Kier alpha value is -2.65. The van der Waals surface area contributed by atoms with E-state index in [-0.39, 0.29) is 13.0 Å². The second kappa shape index (κ2) is 8.85. The molecule has 0 aromatic heterocycles. The maximum Gasteiger partial charge on any atom is 0.336 e. The Bertz CT molecular complexity index is 576. The Morgan fingerprint density at radius 2 is 1.75 bits per heavy atom. The molecule has 1 aromatic rings. The SMILES string of the molecule is NC(CCOc1ccccc1)OC(=O)CC(O)(CC(=O)O)C(=O)O. The van der Waals surface area contributed by atoms with E-state index in [0.29, 0.717) is 5.75 Å². The molecular formula is C15H19NO8. The Morgan fingerprint density at radius 3 is 2.29 bits per heavy atom. The molecule has 0 fully saturated rings. The maximum atomic E-state index is 11.6. The number of aliphatic hydroxyl groups is 1. The van der Waals surface area contributed by atoms with Crippen LogP contribution in [0.25, 0.3) is 0 Å². The van der Waals surface area contributed by atoms with E-state index >= 15 is 0 Å². The van der Waals surface area contributed by atoms with E-state index in [1.807, 2.05) is 6.07 Å². The maximum absolute atomic E-state index is 11.6. The topological polar surface area (TPSA) is 156 Å². The van der Waals surface area contributed by atoms with Crippen molar-refractivity contribution in [2.45, 2.75) is 31.1 Å². The standard InChI is InChI=1S/C15H19NO8/c16-11(6-7-23-10-4-2-1-3-5-10)24-13(19)9-15(22,14(20)21)8-12(17)18/h1-5,11,22H,6-9,16H2,(H,17,18)(H,20,21). The van der Waals surface area contributed by atoms with Crippen molar-refractivity contribution in [3.05, 3.63) is 30.3 Å². The quantitative estimate of drug-likeness (QED) is 0.339. The van der Waals surface area contributed by atoms with Crippen LogP contribution < -0.4 is 10.5 Å². The first-order chi connectivity index (χ1) is 11.2. The molecule has 9 heteroatoms. The van der Waals surface area contributed by atoms with Gasteiger partial charge in [-0.15, -0.1) is 0 Å². The highest BCUT2D eigenvalue weighted by atomic mass is 16.6. The number of aliphatic carboxylic acids is 2. The third-order valence-corrected chi connectivity index (χ3v) is 2.98. The van der Waals surface area contributed by atoms with Crippen molar-refractivity contribution in [2.75, 3.05) is 6.61 Å². The summed E-state index contributed by atoms with van der Waals surface area (Å²) in [4.78, 5) is 33.1. The van der Waals surface area contributed by atoms with Crippen molar-refractivity contribution < 1.29 is 39.2 Å². The number of carbonyl (C=O) groups excluding carboxylic acids is 1. The summed E-state index contributed by atoms with van der Waals surface area (Å²) in [5.74, 6) is -3.90. The molecule has 0 heterocycles. The van der Waals surface area contributed by atoms with Gasteiger partial charge < -0.3 is 24.8 Å². The van der Waals surface area contributed by atoms with E-state index in [1.54, 1.807) is 24.3 Å². The predicted molar refractivity (Wildman–Crippen MR) is 80.1 cm³/mol. The van der Waals surface area contributed by atoms with Gasteiger partial charge in [0.2, 0.25) is 0 Å². The van der Waals surface area contributed by atoms with Gasteiger partial charge in [0.1, 0.15) is 5.75 Å². The van der Waals surface area contributed by atoms with Gasteiger partial charge in [0.25, 0.3) is 0 Å². The minimum absolute atomic E-state index is 0.130.